The van der Waals surface area contributed by atoms with E-state index in [1.807, 2.05) is 36.1 Å². The summed E-state index contributed by atoms with van der Waals surface area (Å²) in [5.74, 6) is 2.66. The number of amides is 3. The Bertz CT molecular complexity index is 1390. The predicted octanol–water partition coefficient (Wildman–Crippen LogP) is 2.98. The Morgan fingerprint density at radius 3 is 2.74 bits per heavy atom. The highest BCUT2D eigenvalue weighted by molar-refractivity contribution is 5.78. The molecule has 3 aliphatic rings. The van der Waals surface area contributed by atoms with E-state index >= 15 is 0 Å². The first-order valence-corrected chi connectivity index (χ1v) is 14.8. The molecule has 1 aromatic carbocycles. The van der Waals surface area contributed by atoms with Crippen LogP contribution in [0.5, 0.6) is 11.5 Å². The monoisotopic (exact) mass is 574 g/mol. The molecule has 42 heavy (non-hydrogen) atoms. The molecule has 1 atom stereocenters. The van der Waals surface area contributed by atoms with Gasteiger partial charge < -0.3 is 29.9 Å². The maximum absolute atomic E-state index is 13.3. The van der Waals surface area contributed by atoms with E-state index in [-0.39, 0.29) is 37.2 Å². The second kappa shape index (κ2) is 12.7. The zero-order valence-electron chi connectivity index (χ0n) is 24.0. The van der Waals surface area contributed by atoms with Gasteiger partial charge in [0.05, 0.1) is 6.04 Å². The minimum absolute atomic E-state index is 0.0484. The van der Waals surface area contributed by atoms with Crippen molar-refractivity contribution >= 4 is 17.8 Å². The van der Waals surface area contributed by atoms with E-state index in [0.717, 1.165) is 54.3 Å². The molecule has 4 heterocycles. The quantitative estimate of drug-likeness (QED) is 0.421. The van der Waals surface area contributed by atoms with E-state index in [9.17, 15) is 9.59 Å². The van der Waals surface area contributed by atoms with Crippen LogP contribution >= 0.6 is 0 Å². The summed E-state index contributed by atoms with van der Waals surface area (Å²) < 4.78 is 12.6. The van der Waals surface area contributed by atoms with Crippen LogP contribution in [0.4, 0.5) is 10.6 Å². The van der Waals surface area contributed by atoms with Gasteiger partial charge in [-0.1, -0.05) is 25.3 Å². The summed E-state index contributed by atoms with van der Waals surface area (Å²) in [6, 6.07) is 7.70. The van der Waals surface area contributed by atoms with Gasteiger partial charge in [-0.05, 0) is 43.9 Å². The Labute approximate surface area is 245 Å². The molecule has 2 aromatic heterocycles. The van der Waals surface area contributed by atoms with E-state index in [1.165, 1.54) is 6.42 Å². The van der Waals surface area contributed by atoms with E-state index in [0.29, 0.717) is 38.5 Å². The Hall–Kier alpha value is -4.35. The van der Waals surface area contributed by atoms with Crippen LogP contribution in [-0.2, 0) is 11.2 Å². The molecule has 1 aliphatic carbocycles. The van der Waals surface area contributed by atoms with Gasteiger partial charge in [0, 0.05) is 62.8 Å². The lowest BCUT2D eigenvalue weighted by Crippen LogP contribution is -2.59. The van der Waals surface area contributed by atoms with Crippen molar-refractivity contribution < 1.29 is 19.1 Å². The number of nitrogens with zero attached hydrogens (tertiary/aromatic N) is 6. The molecule has 0 radical (unpaired) electrons. The third-order valence-electron chi connectivity index (χ3n) is 8.16. The van der Waals surface area contributed by atoms with Crippen LogP contribution in [0.15, 0.2) is 43.0 Å². The van der Waals surface area contributed by atoms with Crippen LogP contribution in [0.2, 0.25) is 0 Å². The molecule has 3 amide bonds. The summed E-state index contributed by atoms with van der Waals surface area (Å²) in [5, 5.41) is 6.31. The van der Waals surface area contributed by atoms with Crippen molar-refractivity contribution in [1.82, 2.24) is 35.1 Å². The largest absolute Gasteiger partial charge is 0.454 e. The smallest absolute Gasteiger partial charge is 0.317 e. The first kappa shape index (κ1) is 27.8. The third kappa shape index (κ3) is 6.58. The lowest BCUT2D eigenvalue weighted by molar-refractivity contribution is -0.121. The number of aromatic nitrogens is 4. The van der Waals surface area contributed by atoms with Crippen LogP contribution < -0.4 is 25.0 Å². The van der Waals surface area contributed by atoms with Crippen molar-refractivity contribution in [3.05, 3.63) is 54.2 Å². The van der Waals surface area contributed by atoms with Gasteiger partial charge in [-0.25, -0.2) is 14.8 Å². The molecule has 6 rings (SSSR count). The molecule has 0 spiro atoms. The van der Waals surface area contributed by atoms with Crippen LogP contribution in [0.25, 0.3) is 5.95 Å². The Morgan fingerprint density at radius 1 is 1.05 bits per heavy atom. The van der Waals surface area contributed by atoms with Crippen LogP contribution in [-0.4, -0.2) is 81.4 Å². The van der Waals surface area contributed by atoms with Crippen molar-refractivity contribution in [2.24, 2.45) is 0 Å². The number of imidazole rings is 1. The number of carbonyl (C=O) groups is 2. The van der Waals surface area contributed by atoms with Gasteiger partial charge in [-0.2, -0.15) is 4.98 Å². The molecule has 222 valence electrons. The number of ether oxygens (including phenoxy) is 2. The lowest BCUT2D eigenvalue weighted by Gasteiger charge is -2.42. The summed E-state index contributed by atoms with van der Waals surface area (Å²) >= 11 is 0. The number of piperazine rings is 1. The molecule has 2 fully saturated rings. The number of aryl methyl sites for hydroxylation is 1. The van der Waals surface area contributed by atoms with Crippen molar-refractivity contribution in [3.63, 3.8) is 0 Å². The predicted molar refractivity (Wildman–Crippen MR) is 156 cm³/mol. The van der Waals surface area contributed by atoms with E-state index in [4.69, 9.17) is 14.5 Å². The number of hydrogen-bond donors (Lipinski definition) is 2. The minimum Gasteiger partial charge on any atom is -0.454 e. The Balaban J connectivity index is 1.14. The maximum atomic E-state index is 13.3. The number of carbonyl (C=O) groups excluding carboxylic acids is 2. The summed E-state index contributed by atoms with van der Waals surface area (Å²) in [7, 11) is 0. The molecular formula is C30H38N8O4. The van der Waals surface area contributed by atoms with Gasteiger partial charge in [0.25, 0.3) is 0 Å². The second-order valence-corrected chi connectivity index (χ2v) is 11.2. The van der Waals surface area contributed by atoms with Gasteiger partial charge in [0.2, 0.25) is 18.6 Å². The first-order valence-electron chi connectivity index (χ1n) is 14.8. The number of urea groups is 1. The highest BCUT2D eigenvalue weighted by Crippen LogP contribution is 2.32. The van der Waals surface area contributed by atoms with Crippen LogP contribution in [0, 0.1) is 6.92 Å². The molecule has 12 heteroatoms. The molecule has 12 nitrogen and oxygen atoms in total. The van der Waals surface area contributed by atoms with Gasteiger partial charge >= 0.3 is 6.03 Å². The van der Waals surface area contributed by atoms with Crippen molar-refractivity contribution in [2.75, 3.05) is 37.9 Å². The fourth-order valence-corrected chi connectivity index (χ4v) is 5.93. The highest BCUT2D eigenvalue weighted by atomic mass is 16.7. The second-order valence-electron chi connectivity index (χ2n) is 11.2. The lowest BCUT2D eigenvalue weighted by atomic mass is 9.96. The fourth-order valence-electron chi connectivity index (χ4n) is 5.93. The zero-order valence-corrected chi connectivity index (χ0v) is 24.0. The number of fused-ring (bicyclic) bond motifs is 1. The van der Waals surface area contributed by atoms with E-state index in [1.54, 1.807) is 23.3 Å². The highest BCUT2D eigenvalue weighted by Gasteiger charge is 2.33. The molecule has 1 unspecified atom stereocenters. The summed E-state index contributed by atoms with van der Waals surface area (Å²) in [5.41, 5.74) is 1.88. The van der Waals surface area contributed by atoms with Crippen LogP contribution in [0.3, 0.4) is 0 Å². The molecule has 2 N–H and O–H groups in total. The van der Waals surface area contributed by atoms with Crippen LogP contribution in [0.1, 0.15) is 49.8 Å². The number of nitrogens with one attached hydrogen (secondary N) is 2. The van der Waals surface area contributed by atoms with E-state index < -0.39 is 0 Å². The van der Waals surface area contributed by atoms with Gasteiger partial charge in [-0.15, -0.1) is 0 Å². The zero-order chi connectivity index (χ0) is 28.9. The standard InChI is InChI=1S/C30H38N8O4/c1-21-15-27(35-29(33-21)37-12-11-31-19-37)38-14-13-36(30(40)34-23-5-3-2-4-6-23)18-24(38)17-28(39)32-10-9-22-7-8-25-26(16-22)42-20-41-25/h7-8,11-12,15-16,19,23-24H,2-6,9-10,13-14,17-18,20H2,1H3,(H,32,39)(H,34,40). The molecule has 2 aliphatic heterocycles. The summed E-state index contributed by atoms with van der Waals surface area (Å²) in [6.07, 6.45) is 11.6. The number of rotatable bonds is 8. The molecule has 1 saturated heterocycles. The summed E-state index contributed by atoms with van der Waals surface area (Å²) in [6.45, 7) is 4.19. The molecule has 0 bridgehead atoms. The molecule has 3 aromatic rings. The number of benzene rings is 1. The number of hydrogen-bond acceptors (Lipinski definition) is 8. The van der Waals surface area contributed by atoms with Crippen molar-refractivity contribution in [3.8, 4) is 17.4 Å². The fraction of sp³-hybridized carbons (Fsp3) is 0.500. The SMILES string of the molecule is Cc1cc(N2CCN(C(=O)NC3CCCCC3)CC2CC(=O)NCCc2ccc3c(c2)OCO3)nc(-n2ccnc2)n1. The Kier molecular flexibility index (Phi) is 8.38. The topological polar surface area (TPSA) is 127 Å². The van der Waals surface area contributed by atoms with Crippen molar-refractivity contribution in [2.45, 2.75) is 64.0 Å². The van der Waals surface area contributed by atoms with E-state index in [2.05, 4.69) is 25.5 Å². The number of anilines is 1. The summed E-state index contributed by atoms with van der Waals surface area (Å²) in [4.78, 5) is 44.0. The van der Waals surface area contributed by atoms with Gasteiger partial charge in [0.15, 0.2) is 11.5 Å². The average Bonchev–Trinajstić information content (AvgIpc) is 3.70. The molecule has 1 saturated carbocycles. The Morgan fingerprint density at radius 2 is 1.90 bits per heavy atom. The maximum Gasteiger partial charge on any atom is 0.317 e. The molecular weight excluding hydrogens is 536 g/mol. The normalized spacial score (nSPS) is 18.6. The first-order chi connectivity index (χ1) is 20.5. The van der Waals surface area contributed by atoms with Gasteiger partial charge in [-0.3, -0.25) is 9.36 Å². The minimum atomic E-state index is -0.244. The van der Waals surface area contributed by atoms with Gasteiger partial charge in [0.1, 0.15) is 12.1 Å². The third-order valence-corrected chi connectivity index (χ3v) is 8.16. The average molecular weight is 575 g/mol. The van der Waals surface area contributed by atoms with Crippen molar-refractivity contribution in [1.29, 1.82) is 0 Å².